The first-order valence-electron chi connectivity index (χ1n) is 10.4. The van der Waals surface area contributed by atoms with E-state index in [9.17, 15) is 9.59 Å². The minimum Gasteiger partial charge on any atom is -0.358 e. The van der Waals surface area contributed by atoms with Crippen molar-refractivity contribution in [3.63, 3.8) is 0 Å². The molecule has 29 heavy (non-hydrogen) atoms. The second kappa shape index (κ2) is 9.82. The molecule has 7 nitrogen and oxygen atoms in total. The number of fused-ring (bicyclic) bond motifs is 1. The second-order valence-corrected chi connectivity index (χ2v) is 8.11. The molecule has 3 N–H and O–H groups in total. The van der Waals surface area contributed by atoms with Crippen molar-refractivity contribution >= 4 is 34.0 Å². The van der Waals surface area contributed by atoms with Gasteiger partial charge in [0.1, 0.15) is 0 Å². The Balaban J connectivity index is 1.73. The Morgan fingerprint density at radius 2 is 1.93 bits per heavy atom. The van der Waals surface area contributed by atoms with Gasteiger partial charge < -0.3 is 5.32 Å². The number of hydrogen-bond donors (Lipinski definition) is 3. The van der Waals surface area contributed by atoms with Crippen molar-refractivity contribution < 1.29 is 4.79 Å². The molecule has 2 atom stereocenters. The standard InChI is InChI=1S/C21H29N5O2S/c1-3-4-13-26-20(28)16-11-7-6-10-15(16)18(25-26)19(27)23-24-21(29)22-17-12-8-5-9-14(17)2/h6-7,10-11,14,17H,3-5,8-9,12-13H2,1-2H3,(H,23,27)(H2,22,24,29)/t14-,17+/m1/s1. The van der Waals surface area contributed by atoms with Gasteiger partial charge in [-0.1, -0.05) is 51.3 Å². The Hall–Kier alpha value is -2.48. The summed E-state index contributed by atoms with van der Waals surface area (Å²) in [7, 11) is 0. The van der Waals surface area contributed by atoms with Crippen molar-refractivity contribution in [2.24, 2.45) is 5.92 Å². The van der Waals surface area contributed by atoms with Crippen LogP contribution in [-0.4, -0.2) is 26.8 Å². The number of thiocarbonyl (C=S) groups is 1. The molecule has 8 heteroatoms. The van der Waals surface area contributed by atoms with Crippen molar-refractivity contribution in [1.29, 1.82) is 0 Å². The molecule has 156 valence electrons. The van der Waals surface area contributed by atoms with Gasteiger partial charge in [0.2, 0.25) is 0 Å². The Morgan fingerprint density at radius 1 is 1.21 bits per heavy atom. The van der Waals surface area contributed by atoms with E-state index < -0.39 is 5.91 Å². The van der Waals surface area contributed by atoms with Crippen LogP contribution in [0.15, 0.2) is 29.1 Å². The number of nitrogens with zero attached hydrogens (tertiary/aromatic N) is 2. The molecule has 2 aromatic rings. The van der Waals surface area contributed by atoms with Gasteiger partial charge in [-0.2, -0.15) is 5.10 Å². The van der Waals surface area contributed by atoms with E-state index in [0.717, 1.165) is 19.3 Å². The van der Waals surface area contributed by atoms with E-state index >= 15 is 0 Å². The van der Waals surface area contributed by atoms with Crippen LogP contribution in [0.5, 0.6) is 0 Å². The zero-order valence-corrected chi connectivity index (χ0v) is 17.8. The van der Waals surface area contributed by atoms with Crippen LogP contribution < -0.4 is 21.7 Å². The number of amides is 1. The van der Waals surface area contributed by atoms with E-state index in [1.807, 2.05) is 6.92 Å². The van der Waals surface area contributed by atoms with E-state index in [0.29, 0.717) is 34.4 Å². The smallest absolute Gasteiger partial charge is 0.290 e. The number of unbranched alkanes of at least 4 members (excludes halogenated alkanes) is 1. The minimum absolute atomic E-state index is 0.179. The lowest BCUT2D eigenvalue weighted by Crippen LogP contribution is -2.51. The third-order valence-corrected chi connectivity index (χ3v) is 5.74. The lowest BCUT2D eigenvalue weighted by atomic mass is 9.86. The highest BCUT2D eigenvalue weighted by Gasteiger charge is 2.22. The van der Waals surface area contributed by atoms with Gasteiger partial charge >= 0.3 is 0 Å². The first-order chi connectivity index (χ1) is 14.0. The lowest BCUT2D eigenvalue weighted by Gasteiger charge is -2.30. The van der Waals surface area contributed by atoms with Crippen LogP contribution in [0.3, 0.4) is 0 Å². The van der Waals surface area contributed by atoms with E-state index in [4.69, 9.17) is 12.2 Å². The number of carbonyl (C=O) groups is 1. The average molecular weight is 416 g/mol. The number of aryl methyl sites for hydroxylation is 1. The zero-order valence-electron chi connectivity index (χ0n) is 17.0. The number of nitrogens with one attached hydrogen (secondary N) is 3. The number of benzene rings is 1. The minimum atomic E-state index is -0.424. The number of rotatable bonds is 5. The number of hydrazine groups is 1. The third-order valence-electron chi connectivity index (χ3n) is 5.52. The highest BCUT2D eigenvalue weighted by atomic mass is 32.1. The maximum absolute atomic E-state index is 12.8. The molecule has 1 heterocycles. The molecule has 0 spiro atoms. The van der Waals surface area contributed by atoms with Crippen molar-refractivity contribution in [3.8, 4) is 0 Å². The number of hydrogen-bond acceptors (Lipinski definition) is 4. The summed E-state index contributed by atoms with van der Waals surface area (Å²) in [6.45, 7) is 4.74. The van der Waals surface area contributed by atoms with Crippen LogP contribution in [0.4, 0.5) is 0 Å². The summed E-state index contributed by atoms with van der Waals surface area (Å²) < 4.78 is 1.38. The quantitative estimate of drug-likeness (QED) is 0.514. The van der Waals surface area contributed by atoms with Crippen LogP contribution in [-0.2, 0) is 6.54 Å². The van der Waals surface area contributed by atoms with Gasteiger partial charge in [-0.15, -0.1) is 0 Å². The molecule has 0 aliphatic heterocycles. The number of aromatic nitrogens is 2. The van der Waals surface area contributed by atoms with E-state index in [2.05, 4.69) is 28.2 Å². The average Bonchev–Trinajstić information content (AvgIpc) is 2.73. The first kappa shape index (κ1) is 21.2. The summed E-state index contributed by atoms with van der Waals surface area (Å²) >= 11 is 5.34. The van der Waals surface area contributed by atoms with Crippen LogP contribution in [0.1, 0.15) is 62.9 Å². The third kappa shape index (κ3) is 5.12. The molecule has 0 bridgehead atoms. The van der Waals surface area contributed by atoms with Crippen molar-refractivity contribution in [3.05, 3.63) is 40.3 Å². The van der Waals surface area contributed by atoms with E-state index in [-0.39, 0.29) is 11.3 Å². The van der Waals surface area contributed by atoms with Gasteiger partial charge in [0.25, 0.3) is 11.5 Å². The topological polar surface area (TPSA) is 88.1 Å². The Labute approximate surface area is 176 Å². The van der Waals surface area contributed by atoms with Crippen LogP contribution in [0.25, 0.3) is 10.8 Å². The lowest BCUT2D eigenvalue weighted by molar-refractivity contribution is 0.0937. The van der Waals surface area contributed by atoms with Gasteiger partial charge in [0.05, 0.1) is 5.39 Å². The Morgan fingerprint density at radius 3 is 2.66 bits per heavy atom. The predicted octanol–water partition coefficient (Wildman–Crippen LogP) is 2.88. The molecule has 1 aromatic heterocycles. The molecule has 3 rings (SSSR count). The van der Waals surface area contributed by atoms with Crippen molar-refractivity contribution in [2.75, 3.05) is 0 Å². The molecule has 1 amide bonds. The molecule has 1 aromatic carbocycles. The first-order valence-corrected chi connectivity index (χ1v) is 10.8. The van der Waals surface area contributed by atoms with Gasteiger partial charge in [-0.3, -0.25) is 20.4 Å². The number of carbonyl (C=O) groups excluding carboxylic acids is 1. The monoisotopic (exact) mass is 415 g/mol. The summed E-state index contributed by atoms with van der Waals surface area (Å²) in [6, 6.07) is 7.36. The van der Waals surface area contributed by atoms with Crippen LogP contribution in [0.2, 0.25) is 0 Å². The normalized spacial score (nSPS) is 19.0. The molecule has 1 aliphatic carbocycles. The highest BCUT2D eigenvalue weighted by Crippen LogP contribution is 2.23. The highest BCUT2D eigenvalue weighted by molar-refractivity contribution is 7.80. The van der Waals surface area contributed by atoms with Crippen molar-refractivity contribution in [1.82, 2.24) is 25.9 Å². The van der Waals surface area contributed by atoms with Gasteiger partial charge in [0.15, 0.2) is 10.8 Å². The summed E-state index contributed by atoms with van der Waals surface area (Å²) in [5.41, 5.74) is 5.44. The largest absolute Gasteiger partial charge is 0.358 e. The van der Waals surface area contributed by atoms with E-state index in [1.54, 1.807) is 24.3 Å². The molecule has 1 fully saturated rings. The maximum Gasteiger partial charge on any atom is 0.290 e. The fraction of sp³-hybridized carbons (Fsp3) is 0.524. The molecule has 1 aliphatic rings. The van der Waals surface area contributed by atoms with Crippen molar-refractivity contribution in [2.45, 2.75) is 65.0 Å². The maximum atomic E-state index is 12.8. The Bertz CT molecular complexity index is 942. The molecular weight excluding hydrogens is 386 g/mol. The SMILES string of the molecule is CCCCn1nc(C(=O)NNC(=S)N[C@H]2CCCC[C@H]2C)c2ccccc2c1=O. The van der Waals surface area contributed by atoms with Gasteiger partial charge in [-0.05, 0) is 43.5 Å². The zero-order chi connectivity index (χ0) is 20.8. The molecular formula is C21H29N5O2S. The summed E-state index contributed by atoms with van der Waals surface area (Å²) in [4.78, 5) is 25.5. The molecule has 1 saturated carbocycles. The molecule has 0 unspecified atom stereocenters. The van der Waals surface area contributed by atoms with E-state index in [1.165, 1.54) is 23.9 Å². The van der Waals surface area contributed by atoms with Crippen LogP contribution >= 0.6 is 12.2 Å². The molecule has 0 saturated heterocycles. The Kier molecular flexibility index (Phi) is 7.19. The summed E-state index contributed by atoms with van der Waals surface area (Å²) in [6.07, 6.45) is 6.45. The van der Waals surface area contributed by atoms with Gasteiger partial charge in [0, 0.05) is 18.0 Å². The fourth-order valence-corrected chi connectivity index (χ4v) is 3.97. The second-order valence-electron chi connectivity index (χ2n) is 7.70. The summed E-state index contributed by atoms with van der Waals surface area (Å²) in [5.74, 6) is 0.124. The molecule has 0 radical (unpaired) electrons. The summed E-state index contributed by atoms with van der Waals surface area (Å²) in [5, 5.41) is 9.03. The van der Waals surface area contributed by atoms with Crippen LogP contribution in [0, 0.1) is 5.92 Å². The predicted molar refractivity (Wildman–Crippen MR) is 119 cm³/mol. The fourth-order valence-electron chi connectivity index (χ4n) is 3.77. The van der Waals surface area contributed by atoms with Gasteiger partial charge in [-0.25, -0.2) is 4.68 Å².